The number of amides is 3. The molecule has 1 aliphatic rings. The zero-order valence-electron chi connectivity index (χ0n) is 15.3. The van der Waals surface area contributed by atoms with Gasteiger partial charge in [-0.15, -0.1) is 11.3 Å². The van der Waals surface area contributed by atoms with Gasteiger partial charge in [-0.3, -0.25) is 23.7 Å². The van der Waals surface area contributed by atoms with E-state index in [1.807, 2.05) is 11.6 Å². The molecular formula is C21H13ClN4O3S. The number of carbonyl (C=O) groups excluding carboxylic acids is 3. The van der Waals surface area contributed by atoms with E-state index in [1.54, 1.807) is 53.1 Å². The highest BCUT2D eigenvalue weighted by molar-refractivity contribution is 7.15. The number of imidazole rings is 1. The number of imide groups is 1. The molecule has 5 rings (SSSR count). The highest BCUT2D eigenvalue weighted by Gasteiger charge is 2.35. The van der Waals surface area contributed by atoms with Gasteiger partial charge in [0.25, 0.3) is 17.7 Å². The molecule has 0 unspecified atom stereocenters. The van der Waals surface area contributed by atoms with Gasteiger partial charge >= 0.3 is 0 Å². The van der Waals surface area contributed by atoms with Gasteiger partial charge in [0.2, 0.25) is 0 Å². The van der Waals surface area contributed by atoms with E-state index in [0.29, 0.717) is 32.4 Å². The number of anilines is 1. The predicted octanol–water partition coefficient (Wildman–Crippen LogP) is 4.10. The lowest BCUT2D eigenvalue weighted by Crippen LogP contribution is -2.29. The van der Waals surface area contributed by atoms with Crippen LogP contribution in [0.1, 0.15) is 36.8 Å². The first-order valence-electron chi connectivity index (χ1n) is 8.98. The molecule has 30 heavy (non-hydrogen) atoms. The summed E-state index contributed by atoms with van der Waals surface area (Å²) in [6, 6.07) is 11.6. The summed E-state index contributed by atoms with van der Waals surface area (Å²) in [6.45, 7) is -0.0131. The number of aromatic nitrogens is 2. The molecule has 2 aromatic carbocycles. The number of thiazole rings is 1. The Hall–Kier alpha value is -3.49. The number of hydrogen-bond acceptors (Lipinski definition) is 5. The third-order valence-corrected chi connectivity index (χ3v) is 5.85. The first-order chi connectivity index (χ1) is 14.5. The van der Waals surface area contributed by atoms with Crippen LogP contribution < -0.4 is 5.32 Å². The molecule has 3 heterocycles. The Bertz CT molecular complexity index is 1280. The quantitative estimate of drug-likeness (QED) is 0.488. The van der Waals surface area contributed by atoms with Crippen LogP contribution in [0.25, 0.3) is 4.96 Å². The topological polar surface area (TPSA) is 83.8 Å². The van der Waals surface area contributed by atoms with Gasteiger partial charge in [0.1, 0.15) is 5.69 Å². The lowest BCUT2D eigenvalue weighted by atomic mass is 10.1. The van der Waals surface area contributed by atoms with Gasteiger partial charge in [0, 0.05) is 28.5 Å². The number of fused-ring (bicyclic) bond motifs is 2. The molecule has 0 aliphatic carbocycles. The Balaban J connectivity index is 1.43. The van der Waals surface area contributed by atoms with Gasteiger partial charge < -0.3 is 5.32 Å². The first-order valence-corrected chi connectivity index (χ1v) is 10.2. The second-order valence-electron chi connectivity index (χ2n) is 6.72. The third-order valence-electron chi connectivity index (χ3n) is 4.85. The van der Waals surface area contributed by atoms with Crippen LogP contribution in [-0.4, -0.2) is 32.0 Å². The second-order valence-corrected chi connectivity index (χ2v) is 8.03. The highest BCUT2D eigenvalue weighted by Crippen LogP contribution is 2.28. The maximum Gasteiger partial charge on any atom is 0.275 e. The van der Waals surface area contributed by atoms with Gasteiger partial charge in [-0.2, -0.15) is 0 Å². The second kappa shape index (κ2) is 7.08. The maximum atomic E-state index is 12.7. The standard InChI is InChI=1S/C21H13ClN4O3S/c22-13-5-6-16(23-18(27)17-11-25-7-8-30-21(25)24-17)12(9-13)10-26-19(28)14-3-1-2-4-15(14)20(26)29/h1-9,11H,10H2,(H,23,27). The van der Waals surface area contributed by atoms with Crippen molar-refractivity contribution in [3.63, 3.8) is 0 Å². The zero-order valence-corrected chi connectivity index (χ0v) is 16.9. The average Bonchev–Trinajstić information content (AvgIpc) is 3.40. The Kier molecular flexibility index (Phi) is 4.38. The Morgan fingerprint density at radius 2 is 1.83 bits per heavy atom. The van der Waals surface area contributed by atoms with E-state index in [-0.39, 0.29) is 24.1 Å². The number of rotatable bonds is 4. The van der Waals surface area contributed by atoms with E-state index in [4.69, 9.17) is 11.6 Å². The molecule has 0 radical (unpaired) electrons. The van der Waals surface area contributed by atoms with Crippen molar-refractivity contribution in [2.24, 2.45) is 0 Å². The highest BCUT2D eigenvalue weighted by atomic mass is 35.5. The van der Waals surface area contributed by atoms with E-state index in [2.05, 4.69) is 10.3 Å². The minimum atomic E-state index is -0.392. The van der Waals surface area contributed by atoms with E-state index in [1.165, 1.54) is 11.3 Å². The average molecular weight is 437 g/mol. The van der Waals surface area contributed by atoms with Crippen LogP contribution in [0.3, 0.4) is 0 Å². The van der Waals surface area contributed by atoms with Gasteiger partial charge in [0.15, 0.2) is 4.96 Å². The minimum Gasteiger partial charge on any atom is -0.320 e. The predicted molar refractivity (Wildman–Crippen MR) is 113 cm³/mol. The molecule has 7 nitrogen and oxygen atoms in total. The number of nitrogens with one attached hydrogen (secondary N) is 1. The summed E-state index contributed by atoms with van der Waals surface area (Å²) in [5.74, 6) is -1.14. The Morgan fingerprint density at radius 1 is 1.10 bits per heavy atom. The molecule has 2 aromatic heterocycles. The molecule has 0 spiro atoms. The van der Waals surface area contributed by atoms with E-state index in [0.717, 1.165) is 4.90 Å². The molecule has 0 saturated carbocycles. The van der Waals surface area contributed by atoms with Crippen LogP contribution >= 0.6 is 22.9 Å². The summed E-state index contributed by atoms with van der Waals surface area (Å²) in [5, 5.41) is 5.12. The van der Waals surface area contributed by atoms with Crippen LogP contribution in [0.15, 0.2) is 60.2 Å². The fourth-order valence-electron chi connectivity index (χ4n) is 3.39. The SMILES string of the molecule is O=C(Nc1ccc(Cl)cc1CN1C(=O)c2ccccc2C1=O)c1cn2ccsc2n1. The molecule has 0 saturated heterocycles. The summed E-state index contributed by atoms with van der Waals surface area (Å²) in [5.41, 5.74) is 2.01. The number of benzene rings is 2. The van der Waals surface area contributed by atoms with Crippen LogP contribution in [-0.2, 0) is 6.54 Å². The van der Waals surface area contributed by atoms with Crippen molar-refractivity contribution in [2.45, 2.75) is 6.54 Å². The van der Waals surface area contributed by atoms with Crippen LogP contribution in [0.5, 0.6) is 0 Å². The van der Waals surface area contributed by atoms with Crippen molar-refractivity contribution in [3.8, 4) is 0 Å². The number of nitrogens with zero attached hydrogens (tertiary/aromatic N) is 3. The smallest absolute Gasteiger partial charge is 0.275 e. The van der Waals surface area contributed by atoms with Crippen molar-refractivity contribution in [2.75, 3.05) is 5.32 Å². The normalized spacial score (nSPS) is 13.2. The Morgan fingerprint density at radius 3 is 2.53 bits per heavy atom. The van der Waals surface area contributed by atoms with E-state index >= 15 is 0 Å². The van der Waals surface area contributed by atoms with Crippen molar-refractivity contribution in [3.05, 3.63) is 87.6 Å². The maximum absolute atomic E-state index is 12.7. The summed E-state index contributed by atoms with van der Waals surface area (Å²) >= 11 is 7.57. The fraction of sp³-hybridized carbons (Fsp3) is 0.0476. The van der Waals surface area contributed by atoms with Crippen LogP contribution in [0.2, 0.25) is 5.02 Å². The van der Waals surface area contributed by atoms with E-state index < -0.39 is 5.91 Å². The molecule has 1 aliphatic heterocycles. The largest absolute Gasteiger partial charge is 0.320 e. The molecule has 9 heteroatoms. The number of hydrogen-bond donors (Lipinski definition) is 1. The van der Waals surface area contributed by atoms with Gasteiger partial charge in [-0.1, -0.05) is 23.7 Å². The molecule has 0 bridgehead atoms. The molecule has 3 amide bonds. The molecule has 0 fully saturated rings. The Labute approximate surface area is 179 Å². The lowest BCUT2D eigenvalue weighted by Gasteiger charge is -2.17. The summed E-state index contributed by atoms with van der Waals surface area (Å²) < 4.78 is 1.77. The summed E-state index contributed by atoms with van der Waals surface area (Å²) in [7, 11) is 0. The molecule has 1 N–H and O–H groups in total. The number of carbonyl (C=O) groups is 3. The third kappa shape index (κ3) is 3.06. The number of halogens is 1. The molecule has 4 aromatic rings. The summed E-state index contributed by atoms with van der Waals surface area (Å²) in [6.07, 6.45) is 3.46. The van der Waals surface area contributed by atoms with Gasteiger partial charge in [0.05, 0.1) is 17.7 Å². The van der Waals surface area contributed by atoms with Crippen LogP contribution in [0, 0.1) is 0 Å². The zero-order chi connectivity index (χ0) is 20.8. The summed E-state index contributed by atoms with van der Waals surface area (Å²) in [4.78, 5) is 44.2. The monoisotopic (exact) mass is 436 g/mol. The van der Waals surface area contributed by atoms with Gasteiger partial charge in [-0.25, -0.2) is 4.98 Å². The lowest BCUT2D eigenvalue weighted by molar-refractivity contribution is 0.0642. The van der Waals surface area contributed by atoms with Crippen molar-refractivity contribution >= 4 is 51.3 Å². The van der Waals surface area contributed by atoms with E-state index in [9.17, 15) is 14.4 Å². The minimum absolute atomic E-state index is 0.0131. The first kappa shape index (κ1) is 18.5. The van der Waals surface area contributed by atoms with Crippen LogP contribution in [0.4, 0.5) is 5.69 Å². The van der Waals surface area contributed by atoms with Crippen molar-refractivity contribution < 1.29 is 14.4 Å². The molecular weight excluding hydrogens is 424 g/mol. The molecule has 0 atom stereocenters. The van der Waals surface area contributed by atoms with Gasteiger partial charge in [-0.05, 0) is 35.9 Å². The fourth-order valence-corrected chi connectivity index (χ4v) is 4.29. The molecule has 148 valence electrons. The van der Waals surface area contributed by atoms with Crippen molar-refractivity contribution in [1.82, 2.24) is 14.3 Å². The van der Waals surface area contributed by atoms with Crippen molar-refractivity contribution in [1.29, 1.82) is 0 Å².